The van der Waals surface area contributed by atoms with Crippen LogP contribution in [0.15, 0.2) is 24.3 Å². The molecular formula is C13H15NO4. The first-order valence-corrected chi connectivity index (χ1v) is 5.67. The quantitative estimate of drug-likeness (QED) is 0.711. The second-order valence-electron chi connectivity index (χ2n) is 5.12. The van der Waals surface area contributed by atoms with Crippen molar-refractivity contribution in [2.75, 3.05) is 5.32 Å². The lowest BCUT2D eigenvalue weighted by Gasteiger charge is -2.07. The number of carbonyl (C=O) groups is 2. The number of carboxylic acid groups (broad SMARTS) is 1. The molecule has 96 valence electrons. The number of hydrogen-bond donors (Lipinski definition) is 3. The summed E-state index contributed by atoms with van der Waals surface area (Å²) in [7, 11) is 0. The summed E-state index contributed by atoms with van der Waals surface area (Å²) in [6, 6.07) is 6.36. The summed E-state index contributed by atoms with van der Waals surface area (Å²) in [6.07, 6.45) is 0. The molecule has 2 unspecified atom stereocenters. The molecule has 2 rings (SSSR count). The van der Waals surface area contributed by atoms with E-state index in [-0.39, 0.29) is 11.7 Å². The van der Waals surface area contributed by atoms with Crippen LogP contribution in [-0.4, -0.2) is 22.1 Å². The van der Waals surface area contributed by atoms with Crippen molar-refractivity contribution in [3.63, 3.8) is 0 Å². The van der Waals surface area contributed by atoms with E-state index in [1.54, 1.807) is 32.0 Å². The highest BCUT2D eigenvalue weighted by atomic mass is 16.4. The molecule has 1 aliphatic carbocycles. The summed E-state index contributed by atoms with van der Waals surface area (Å²) in [5.74, 6) is -2.58. The maximum absolute atomic E-state index is 12.0. The molecule has 1 aliphatic rings. The minimum Gasteiger partial charge on any atom is -0.506 e. The number of aliphatic carboxylic acids is 1. The van der Waals surface area contributed by atoms with E-state index in [1.165, 1.54) is 6.07 Å². The molecule has 5 heteroatoms. The minimum atomic E-state index is -0.961. The van der Waals surface area contributed by atoms with Gasteiger partial charge in [-0.15, -0.1) is 0 Å². The Bertz CT molecular complexity index is 509. The molecule has 2 atom stereocenters. The Hall–Kier alpha value is -2.04. The SMILES string of the molecule is CC1(C)C(C(=O)O)C1C(=O)Nc1ccccc1O. The van der Waals surface area contributed by atoms with Crippen molar-refractivity contribution >= 4 is 17.6 Å². The summed E-state index contributed by atoms with van der Waals surface area (Å²) in [4.78, 5) is 23.0. The number of carbonyl (C=O) groups excluding carboxylic acids is 1. The van der Waals surface area contributed by atoms with Crippen LogP contribution in [0.5, 0.6) is 5.75 Å². The van der Waals surface area contributed by atoms with Gasteiger partial charge in [0.05, 0.1) is 17.5 Å². The van der Waals surface area contributed by atoms with Gasteiger partial charge in [0.25, 0.3) is 0 Å². The average molecular weight is 249 g/mol. The van der Waals surface area contributed by atoms with Crippen molar-refractivity contribution in [1.82, 2.24) is 0 Å². The number of aromatic hydroxyl groups is 1. The van der Waals surface area contributed by atoms with Crippen LogP contribution in [-0.2, 0) is 9.59 Å². The smallest absolute Gasteiger partial charge is 0.307 e. The molecule has 1 fully saturated rings. The maximum atomic E-state index is 12.0. The molecule has 1 saturated carbocycles. The summed E-state index contributed by atoms with van der Waals surface area (Å²) in [6.45, 7) is 3.50. The molecular weight excluding hydrogens is 234 g/mol. The van der Waals surface area contributed by atoms with Crippen LogP contribution in [0.25, 0.3) is 0 Å². The average Bonchev–Trinajstić information content (AvgIpc) is 2.85. The lowest BCUT2D eigenvalue weighted by Crippen LogP contribution is -2.17. The van der Waals surface area contributed by atoms with E-state index >= 15 is 0 Å². The molecule has 0 radical (unpaired) electrons. The van der Waals surface area contributed by atoms with Crippen LogP contribution in [0.4, 0.5) is 5.69 Å². The molecule has 18 heavy (non-hydrogen) atoms. The molecule has 0 heterocycles. The molecule has 1 aromatic carbocycles. The molecule has 0 spiro atoms. The summed E-state index contributed by atoms with van der Waals surface area (Å²) in [5.41, 5.74) is -0.241. The lowest BCUT2D eigenvalue weighted by molar-refractivity contribution is -0.140. The van der Waals surface area contributed by atoms with Crippen molar-refractivity contribution in [3.8, 4) is 5.75 Å². The van der Waals surface area contributed by atoms with Crippen LogP contribution < -0.4 is 5.32 Å². The van der Waals surface area contributed by atoms with Crippen LogP contribution in [0, 0.1) is 17.3 Å². The van der Waals surface area contributed by atoms with Gasteiger partial charge in [0.2, 0.25) is 5.91 Å². The van der Waals surface area contributed by atoms with Crippen LogP contribution in [0.3, 0.4) is 0 Å². The van der Waals surface area contributed by atoms with E-state index < -0.39 is 23.2 Å². The molecule has 3 N–H and O–H groups in total. The van der Waals surface area contributed by atoms with Gasteiger partial charge in [0.15, 0.2) is 0 Å². The third-order valence-electron chi connectivity index (χ3n) is 3.54. The Labute approximate surface area is 104 Å². The predicted octanol–water partition coefficient (Wildman–Crippen LogP) is 1.69. The molecule has 0 saturated heterocycles. The van der Waals surface area contributed by atoms with E-state index in [9.17, 15) is 14.7 Å². The van der Waals surface area contributed by atoms with Crippen molar-refractivity contribution in [2.24, 2.45) is 17.3 Å². The molecule has 0 aromatic heterocycles. The Balaban J connectivity index is 2.11. The largest absolute Gasteiger partial charge is 0.506 e. The minimum absolute atomic E-state index is 0.0313. The molecule has 1 aromatic rings. The van der Waals surface area contributed by atoms with E-state index in [0.717, 1.165) is 0 Å². The number of benzene rings is 1. The third-order valence-corrected chi connectivity index (χ3v) is 3.54. The Morgan fingerprint density at radius 1 is 1.22 bits per heavy atom. The van der Waals surface area contributed by atoms with Gasteiger partial charge in [-0.25, -0.2) is 0 Å². The zero-order valence-electron chi connectivity index (χ0n) is 10.2. The number of anilines is 1. The second kappa shape index (κ2) is 4.01. The maximum Gasteiger partial charge on any atom is 0.307 e. The van der Waals surface area contributed by atoms with Crippen molar-refractivity contribution < 1.29 is 19.8 Å². The molecule has 0 aliphatic heterocycles. The van der Waals surface area contributed by atoms with Crippen molar-refractivity contribution in [2.45, 2.75) is 13.8 Å². The highest BCUT2D eigenvalue weighted by molar-refractivity contribution is 6.00. The predicted molar refractivity (Wildman–Crippen MR) is 65.1 cm³/mol. The first-order valence-electron chi connectivity index (χ1n) is 5.67. The standard InChI is InChI=1S/C13H15NO4/c1-13(2)9(10(13)12(17)18)11(16)14-7-5-3-4-6-8(7)15/h3-6,9-10,15H,1-2H3,(H,14,16)(H,17,18). The Morgan fingerprint density at radius 3 is 2.33 bits per heavy atom. The van der Waals surface area contributed by atoms with Gasteiger partial charge in [0, 0.05) is 0 Å². The number of hydrogen-bond acceptors (Lipinski definition) is 3. The molecule has 0 bridgehead atoms. The first-order chi connectivity index (χ1) is 8.35. The van der Waals surface area contributed by atoms with Crippen LogP contribution in [0.2, 0.25) is 0 Å². The molecule has 5 nitrogen and oxygen atoms in total. The Morgan fingerprint density at radius 2 is 1.83 bits per heavy atom. The van der Waals surface area contributed by atoms with Crippen molar-refractivity contribution in [1.29, 1.82) is 0 Å². The highest BCUT2D eigenvalue weighted by Gasteiger charge is 2.65. The lowest BCUT2D eigenvalue weighted by atomic mass is 10.1. The molecule has 1 amide bonds. The summed E-state index contributed by atoms with van der Waals surface area (Å²) >= 11 is 0. The summed E-state index contributed by atoms with van der Waals surface area (Å²) < 4.78 is 0. The van der Waals surface area contributed by atoms with E-state index in [4.69, 9.17) is 5.11 Å². The number of para-hydroxylation sites is 2. The highest BCUT2D eigenvalue weighted by Crippen LogP contribution is 2.58. The van der Waals surface area contributed by atoms with Crippen molar-refractivity contribution in [3.05, 3.63) is 24.3 Å². The fraction of sp³-hybridized carbons (Fsp3) is 0.385. The van der Waals surface area contributed by atoms with E-state index in [1.807, 2.05) is 0 Å². The summed E-state index contributed by atoms with van der Waals surface area (Å²) in [5, 5.41) is 21.1. The topological polar surface area (TPSA) is 86.6 Å². The van der Waals surface area contributed by atoms with E-state index in [2.05, 4.69) is 5.32 Å². The fourth-order valence-corrected chi connectivity index (χ4v) is 2.38. The normalized spacial score (nSPS) is 24.3. The number of nitrogens with one attached hydrogen (secondary N) is 1. The third kappa shape index (κ3) is 1.92. The number of phenols is 1. The van der Waals surface area contributed by atoms with Crippen LogP contribution in [0.1, 0.15) is 13.8 Å². The number of amides is 1. The van der Waals surface area contributed by atoms with Gasteiger partial charge in [-0.05, 0) is 17.5 Å². The van der Waals surface area contributed by atoms with Gasteiger partial charge < -0.3 is 15.5 Å². The van der Waals surface area contributed by atoms with Crippen LogP contribution >= 0.6 is 0 Å². The number of phenolic OH excluding ortho intramolecular Hbond substituents is 1. The van der Waals surface area contributed by atoms with Gasteiger partial charge in [-0.2, -0.15) is 0 Å². The van der Waals surface area contributed by atoms with Gasteiger partial charge in [-0.3, -0.25) is 9.59 Å². The first kappa shape index (κ1) is 12.4. The second-order valence-corrected chi connectivity index (χ2v) is 5.12. The van der Waals surface area contributed by atoms with Gasteiger partial charge in [0.1, 0.15) is 5.75 Å². The van der Waals surface area contributed by atoms with Gasteiger partial charge in [-0.1, -0.05) is 26.0 Å². The number of rotatable bonds is 3. The van der Waals surface area contributed by atoms with E-state index in [0.29, 0.717) is 5.69 Å². The Kier molecular flexibility index (Phi) is 2.77. The fourth-order valence-electron chi connectivity index (χ4n) is 2.38. The zero-order valence-corrected chi connectivity index (χ0v) is 10.2. The van der Waals surface area contributed by atoms with Gasteiger partial charge >= 0.3 is 5.97 Å². The number of carboxylic acids is 1. The zero-order chi connectivity index (χ0) is 13.5. The monoisotopic (exact) mass is 249 g/mol.